The van der Waals surface area contributed by atoms with Crippen LogP contribution in [0.4, 0.5) is 0 Å². The zero-order valence-electron chi connectivity index (χ0n) is 17.5. The highest BCUT2D eigenvalue weighted by atomic mass is 16.3. The minimum atomic E-state index is -0.538. The van der Waals surface area contributed by atoms with E-state index in [4.69, 9.17) is 4.42 Å². The maximum atomic E-state index is 12.3. The Labute approximate surface area is 175 Å². The Morgan fingerprint density at radius 1 is 0.933 bits per heavy atom. The molecule has 0 saturated heterocycles. The fraction of sp³-hybridized carbons (Fsp3) is 0.292. The number of furan rings is 1. The van der Waals surface area contributed by atoms with Gasteiger partial charge in [0.05, 0.1) is 0 Å². The number of amides is 2. The van der Waals surface area contributed by atoms with E-state index >= 15 is 0 Å². The van der Waals surface area contributed by atoms with Crippen LogP contribution < -0.4 is 10.9 Å². The SMILES string of the molecule is Cc1c(C(=O)NNC(=O)CCC(=O)c2ccc(CC(C)C)cc2)oc2ccccc12. The number of hydrogen-bond acceptors (Lipinski definition) is 4. The lowest BCUT2D eigenvalue weighted by Gasteiger charge is -2.07. The van der Waals surface area contributed by atoms with Crippen LogP contribution in [0.5, 0.6) is 0 Å². The van der Waals surface area contributed by atoms with E-state index in [0.717, 1.165) is 11.8 Å². The lowest BCUT2D eigenvalue weighted by molar-refractivity contribution is -0.121. The van der Waals surface area contributed by atoms with Crippen molar-refractivity contribution in [2.45, 2.75) is 40.0 Å². The van der Waals surface area contributed by atoms with Gasteiger partial charge in [-0.25, -0.2) is 0 Å². The zero-order valence-corrected chi connectivity index (χ0v) is 17.5. The maximum absolute atomic E-state index is 12.3. The smallest absolute Gasteiger partial charge is 0.305 e. The van der Waals surface area contributed by atoms with Crippen molar-refractivity contribution in [3.05, 3.63) is 71.0 Å². The molecule has 1 aromatic heterocycles. The molecule has 0 fully saturated rings. The number of hydrogen-bond donors (Lipinski definition) is 2. The lowest BCUT2D eigenvalue weighted by Crippen LogP contribution is -2.41. The molecule has 0 unspecified atom stereocenters. The highest BCUT2D eigenvalue weighted by Crippen LogP contribution is 2.24. The van der Waals surface area contributed by atoms with Crippen LogP contribution in [0.1, 0.15) is 58.7 Å². The third kappa shape index (κ3) is 5.14. The van der Waals surface area contributed by atoms with Gasteiger partial charge in [0.15, 0.2) is 11.5 Å². The van der Waals surface area contributed by atoms with Gasteiger partial charge in [0, 0.05) is 29.4 Å². The van der Waals surface area contributed by atoms with Gasteiger partial charge in [0.25, 0.3) is 0 Å². The first-order chi connectivity index (χ1) is 14.3. The Balaban J connectivity index is 1.49. The fourth-order valence-corrected chi connectivity index (χ4v) is 3.31. The third-order valence-electron chi connectivity index (χ3n) is 4.86. The van der Waals surface area contributed by atoms with Gasteiger partial charge in [-0.1, -0.05) is 56.3 Å². The average molecular weight is 406 g/mol. The summed E-state index contributed by atoms with van der Waals surface area (Å²) in [4.78, 5) is 36.7. The van der Waals surface area contributed by atoms with Gasteiger partial charge >= 0.3 is 5.91 Å². The predicted octanol–water partition coefficient (Wildman–Crippen LogP) is 4.36. The van der Waals surface area contributed by atoms with Crippen molar-refractivity contribution in [2.24, 2.45) is 5.92 Å². The van der Waals surface area contributed by atoms with Gasteiger partial charge in [0.2, 0.25) is 5.91 Å². The second-order valence-corrected chi connectivity index (χ2v) is 7.77. The normalized spacial score (nSPS) is 10.9. The maximum Gasteiger partial charge on any atom is 0.305 e. The molecule has 0 bridgehead atoms. The van der Waals surface area contributed by atoms with Crippen LogP contribution in [0.3, 0.4) is 0 Å². The largest absolute Gasteiger partial charge is 0.451 e. The molecule has 0 radical (unpaired) electrons. The van der Waals surface area contributed by atoms with Gasteiger partial charge in [0.1, 0.15) is 5.58 Å². The molecule has 6 heteroatoms. The number of aryl methyl sites for hydroxylation is 1. The molecule has 0 aliphatic carbocycles. The second kappa shape index (κ2) is 9.39. The Morgan fingerprint density at radius 3 is 2.30 bits per heavy atom. The first-order valence-corrected chi connectivity index (χ1v) is 10.0. The number of ketones is 1. The predicted molar refractivity (Wildman–Crippen MR) is 115 cm³/mol. The number of carbonyl (C=O) groups is 3. The van der Waals surface area contributed by atoms with Crippen LogP contribution in [0.15, 0.2) is 52.9 Å². The van der Waals surface area contributed by atoms with Crippen molar-refractivity contribution in [1.82, 2.24) is 10.9 Å². The summed E-state index contributed by atoms with van der Waals surface area (Å²) in [5.41, 5.74) is 7.76. The van der Waals surface area contributed by atoms with E-state index < -0.39 is 11.8 Å². The molecule has 1 heterocycles. The highest BCUT2D eigenvalue weighted by Gasteiger charge is 2.18. The monoisotopic (exact) mass is 406 g/mol. The summed E-state index contributed by atoms with van der Waals surface area (Å²) >= 11 is 0. The molecule has 0 aliphatic rings. The van der Waals surface area contributed by atoms with Gasteiger partial charge in [-0.05, 0) is 30.9 Å². The molecule has 0 aliphatic heterocycles. The van der Waals surface area contributed by atoms with Crippen LogP contribution >= 0.6 is 0 Å². The van der Waals surface area contributed by atoms with Gasteiger partial charge in [-0.3, -0.25) is 25.2 Å². The Kier molecular flexibility index (Phi) is 6.67. The summed E-state index contributed by atoms with van der Waals surface area (Å²) in [5, 5.41) is 0.846. The van der Waals surface area contributed by atoms with E-state index in [1.165, 1.54) is 5.56 Å². The third-order valence-corrected chi connectivity index (χ3v) is 4.86. The first kappa shape index (κ1) is 21.3. The molecular formula is C24H26N2O4. The van der Waals surface area contributed by atoms with Gasteiger partial charge in [-0.2, -0.15) is 0 Å². The molecule has 2 aromatic carbocycles. The molecule has 0 atom stereocenters. The number of benzene rings is 2. The van der Waals surface area contributed by atoms with Crippen LogP contribution in [0, 0.1) is 12.8 Å². The summed E-state index contributed by atoms with van der Waals surface area (Å²) in [7, 11) is 0. The topological polar surface area (TPSA) is 88.4 Å². The first-order valence-electron chi connectivity index (χ1n) is 10.0. The average Bonchev–Trinajstić information content (AvgIpc) is 3.07. The van der Waals surface area contributed by atoms with Crippen molar-refractivity contribution in [2.75, 3.05) is 0 Å². The molecule has 0 saturated carbocycles. The molecule has 2 amide bonds. The van der Waals surface area contributed by atoms with Crippen LogP contribution in [-0.4, -0.2) is 17.6 Å². The Morgan fingerprint density at radius 2 is 1.63 bits per heavy atom. The van der Waals surface area contributed by atoms with Crippen molar-refractivity contribution in [3.63, 3.8) is 0 Å². The van der Waals surface area contributed by atoms with Gasteiger partial charge in [-0.15, -0.1) is 0 Å². The van der Waals surface area contributed by atoms with E-state index in [0.29, 0.717) is 22.6 Å². The number of rotatable bonds is 7. The molecule has 2 N–H and O–H groups in total. The Hall–Kier alpha value is -3.41. The minimum absolute atomic E-state index is 0.0219. The number of carbonyl (C=O) groups excluding carboxylic acids is 3. The molecule has 3 rings (SSSR count). The zero-order chi connectivity index (χ0) is 21.7. The standard InChI is InChI=1S/C24H26N2O4/c1-15(2)14-17-8-10-18(11-9-17)20(27)12-13-22(28)25-26-24(29)23-16(3)19-6-4-5-7-21(19)30-23/h4-11,15H,12-14H2,1-3H3,(H,25,28)(H,26,29). The van der Waals surface area contributed by atoms with Crippen molar-refractivity contribution in [1.29, 1.82) is 0 Å². The summed E-state index contributed by atoms with van der Waals surface area (Å²) < 4.78 is 5.57. The number of fused-ring (bicyclic) bond motifs is 1. The van der Waals surface area contributed by atoms with Crippen molar-refractivity contribution in [3.8, 4) is 0 Å². The van der Waals surface area contributed by atoms with Crippen LogP contribution in [0.25, 0.3) is 11.0 Å². The fourth-order valence-electron chi connectivity index (χ4n) is 3.31. The minimum Gasteiger partial charge on any atom is -0.451 e. The van der Waals surface area contributed by atoms with E-state index in [9.17, 15) is 14.4 Å². The lowest BCUT2D eigenvalue weighted by atomic mass is 9.99. The Bertz CT molecular complexity index is 1060. The van der Waals surface area contributed by atoms with E-state index in [2.05, 4.69) is 24.7 Å². The second-order valence-electron chi connectivity index (χ2n) is 7.77. The molecule has 0 spiro atoms. The summed E-state index contributed by atoms with van der Waals surface area (Å²) in [6.07, 6.45) is 1.00. The summed E-state index contributed by atoms with van der Waals surface area (Å²) in [5.74, 6) is -0.394. The molecule has 3 aromatic rings. The molecular weight excluding hydrogens is 380 g/mol. The van der Waals surface area contributed by atoms with Crippen LogP contribution in [-0.2, 0) is 11.2 Å². The summed E-state index contributed by atoms with van der Waals surface area (Å²) in [6.45, 7) is 6.08. The number of nitrogens with one attached hydrogen (secondary N) is 2. The molecule has 30 heavy (non-hydrogen) atoms. The van der Waals surface area contributed by atoms with Crippen molar-refractivity contribution < 1.29 is 18.8 Å². The molecule has 6 nitrogen and oxygen atoms in total. The van der Waals surface area contributed by atoms with Gasteiger partial charge < -0.3 is 4.42 Å². The van der Waals surface area contributed by atoms with Crippen molar-refractivity contribution >= 4 is 28.6 Å². The quantitative estimate of drug-likeness (QED) is 0.451. The van der Waals surface area contributed by atoms with E-state index in [1.807, 2.05) is 30.3 Å². The van der Waals surface area contributed by atoms with E-state index in [1.54, 1.807) is 25.1 Å². The molecule has 156 valence electrons. The van der Waals surface area contributed by atoms with E-state index in [-0.39, 0.29) is 24.4 Å². The number of Topliss-reactive ketones (excluding diaryl/α,β-unsaturated/α-hetero) is 1. The highest BCUT2D eigenvalue weighted by molar-refractivity contribution is 6.00. The number of hydrazine groups is 1. The van der Waals surface area contributed by atoms with Crippen LogP contribution in [0.2, 0.25) is 0 Å². The number of para-hydroxylation sites is 1. The summed E-state index contributed by atoms with van der Waals surface area (Å²) in [6, 6.07) is 14.8.